The lowest BCUT2D eigenvalue weighted by Gasteiger charge is -2.19. The Bertz CT molecular complexity index is 1590. The lowest BCUT2D eigenvalue weighted by Crippen LogP contribution is -2.20. The molecule has 0 fully saturated rings. The number of rotatable bonds is 6. The molecular formula is C28H22Cl2F3NO5. The van der Waals surface area contributed by atoms with Gasteiger partial charge in [-0.05, 0) is 47.4 Å². The minimum absolute atomic E-state index is 0.00227. The molecule has 4 rings (SSSR count). The number of amides is 1. The van der Waals surface area contributed by atoms with Gasteiger partial charge in [0.2, 0.25) is 11.2 Å². The van der Waals surface area contributed by atoms with E-state index in [0.29, 0.717) is 0 Å². The fourth-order valence-corrected chi connectivity index (χ4v) is 3.95. The van der Waals surface area contributed by atoms with Crippen LogP contribution in [0.4, 0.5) is 18.9 Å². The summed E-state index contributed by atoms with van der Waals surface area (Å²) < 4.78 is 57.5. The van der Waals surface area contributed by atoms with Gasteiger partial charge in [0.25, 0.3) is 11.7 Å². The van der Waals surface area contributed by atoms with Crippen molar-refractivity contribution >= 4 is 45.8 Å². The molecule has 0 spiro atoms. The highest BCUT2D eigenvalue weighted by molar-refractivity contribution is 6.44. The molecule has 0 aliphatic heterocycles. The van der Waals surface area contributed by atoms with E-state index in [1.54, 1.807) is 24.3 Å². The maximum Gasteiger partial charge on any atom is 0.453 e. The molecular weight excluding hydrogens is 558 g/mol. The summed E-state index contributed by atoms with van der Waals surface area (Å²) >= 11 is 12.0. The first-order chi connectivity index (χ1) is 18.2. The van der Waals surface area contributed by atoms with Crippen molar-refractivity contribution in [1.29, 1.82) is 0 Å². The van der Waals surface area contributed by atoms with E-state index in [2.05, 4.69) is 5.32 Å². The van der Waals surface area contributed by atoms with Crippen molar-refractivity contribution < 1.29 is 31.9 Å². The Hall–Kier alpha value is -3.69. The van der Waals surface area contributed by atoms with Crippen LogP contribution in [0.3, 0.4) is 0 Å². The molecule has 0 radical (unpaired) electrons. The Labute approximate surface area is 231 Å². The van der Waals surface area contributed by atoms with Gasteiger partial charge in [0, 0.05) is 6.07 Å². The van der Waals surface area contributed by atoms with Crippen molar-refractivity contribution in [3.63, 3.8) is 0 Å². The third kappa shape index (κ3) is 6.49. The molecule has 39 heavy (non-hydrogen) atoms. The van der Waals surface area contributed by atoms with Crippen molar-refractivity contribution in [3.8, 4) is 17.2 Å². The number of nitrogens with one attached hydrogen (secondary N) is 1. The van der Waals surface area contributed by atoms with Gasteiger partial charge in [-0.3, -0.25) is 9.59 Å². The van der Waals surface area contributed by atoms with E-state index >= 15 is 0 Å². The molecule has 0 atom stereocenters. The van der Waals surface area contributed by atoms with Gasteiger partial charge in [-0.2, -0.15) is 13.2 Å². The fraction of sp³-hybridized carbons (Fsp3) is 0.214. The number of anilines is 1. The van der Waals surface area contributed by atoms with E-state index in [4.69, 9.17) is 37.1 Å². The SMILES string of the molecule is CC(C)(C)c1ccc(Oc2c(C(F)(F)F)oc3cc(OCC(=O)Nc4cccc(Cl)c4Cl)ccc3c2=O)cc1. The van der Waals surface area contributed by atoms with Gasteiger partial charge in [0.1, 0.15) is 17.1 Å². The third-order valence-corrected chi connectivity index (χ3v) is 6.43. The topological polar surface area (TPSA) is 77.8 Å². The minimum atomic E-state index is -5.03. The maximum absolute atomic E-state index is 13.9. The summed E-state index contributed by atoms with van der Waals surface area (Å²) in [6.45, 7) is 5.46. The van der Waals surface area contributed by atoms with Crippen LogP contribution in [0.1, 0.15) is 32.1 Å². The molecule has 6 nitrogen and oxygen atoms in total. The van der Waals surface area contributed by atoms with Crippen LogP contribution in [0.25, 0.3) is 11.0 Å². The number of benzene rings is 3. The molecule has 11 heteroatoms. The Morgan fingerprint density at radius 2 is 1.64 bits per heavy atom. The summed E-state index contributed by atoms with van der Waals surface area (Å²) in [7, 11) is 0. The van der Waals surface area contributed by atoms with Gasteiger partial charge in [0.05, 0.1) is 21.1 Å². The van der Waals surface area contributed by atoms with E-state index in [-0.39, 0.29) is 38.0 Å². The fourth-order valence-electron chi connectivity index (χ4n) is 3.60. The summed E-state index contributed by atoms with van der Waals surface area (Å²) in [5.74, 6) is -3.13. The van der Waals surface area contributed by atoms with Crippen LogP contribution in [0.2, 0.25) is 10.0 Å². The number of hydrogen-bond acceptors (Lipinski definition) is 5. The highest BCUT2D eigenvalue weighted by Gasteiger charge is 2.40. The molecule has 1 heterocycles. The quantitative estimate of drug-likeness (QED) is 0.249. The molecule has 204 valence electrons. The molecule has 3 aromatic carbocycles. The van der Waals surface area contributed by atoms with Gasteiger partial charge in [-0.15, -0.1) is 0 Å². The molecule has 1 amide bonds. The smallest absolute Gasteiger partial charge is 0.453 e. The Morgan fingerprint density at radius 1 is 0.974 bits per heavy atom. The average molecular weight is 580 g/mol. The van der Waals surface area contributed by atoms with Crippen LogP contribution < -0.4 is 20.2 Å². The Balaban J connectivity index is 1.60. The molecule has 0 aliphatic carbocycles. The molecule has 1 N–H and O–H groups in total. The summed E-state index contributed by atoms with van der Waals surface area (Å²) in [5, 5.41) is 2.74. The van der Waals surface area contributed by atoms with Crippen LogP contribution in [0.5, 0.6) is 17.2 Å². The summed E-state index contributed by atoms with van der Waals surface area (Å²) in [5.41, 5.74) is -0.381. The third-order valence-electron chi connectivity index (χ3n) is 5.62. The summed E-state index contributed by atoms with van der Waals surface area (Å²) in [6.07, 6.45) is -5.03. The van der Waals surface area contributed by atoms with E-state index in [1.807, 2.05) is 20.8 Å². The van der Waals surface area contributed by atoms with Crippen molar-refractivity contribution in [2.45, 2.75) is 32.4 Å². The highest BCUT2D eigenvalue weighted by atomic mass is 35.5. The summed E-state index contributed by atoms with van der Waals surface area (Å²) in [4.78, 5) is 25.3. The first kappa shape index (κ1) is 28.3. The number of halogens is 5. The zero-order chi connectivity index (χ0) is 28.5. The number of alkyl halides is 3. The Morgan fingerprint density at radius 3 is 2.28 bits per heavy atom. The number of carbonyl (C=O) groups is 1. The standard InChI is InChI=1S/C28H22Cl2F3NO5/c1-27(2,3)15-7-9-16(10-8-15)38-25-24(36)18-12-11-17(13-21(18)39-26(25)28(31,32)33)37-14-22(35)34-20-6-4-5-19(29)23(20)30/h4-13H,14H2,1-3H3,(H,34,35). The van der Waals surface area contributed by atoms with Crippen LogP contribution in [0, 0.1) is 0 Å². The molecule has 0 aliphatic rings. The van der Waals surface area contributed by atoms with E-state index in [0.717, 1.165) is 11.6 Å². The van der Waals surface area contributed by atoms with E-state index in [1.165, 1.54) is 30.3 Å². The number of hydrogen-bond donors (Lipinski definition) is 1. The van der Waals surface area contributed by atoms with Crippen molar-refractivity contribution in [2.75, 3.05) is 11.9 Å². The predicted octanol–water partition coefficient (Wildman–Crippen LogP) is 8.23. The lowest BCUT2D eigenvalue weighted by molar-refractivity contribution is -0.154. The minimum Gasteiger partial charge on any atom is -0.484 e. The second-order valence-electron chi connectivity index (χ2n) is 9.56. The largest absolute Gasteiger partial charge is 0.484 e. The van der Waals surface area contributed by atoms with E-state index < -0.39 is 41.2 Å². The molecule has 4 aromatic rings. The maximum atomic E-state index is 13.9. The lowest BCUT2D eigenvalue weighted by atomic mass is 9.87. The van der Waals surface area contributed by atoms with Crippen LogP contribution in [0.15, 0.2) is 69.9 Å². The van der Waals surface area contributed by atoms with Gasteiger partial charge < -0.3 is 19.2 Å². The second kappa shape index (κ2) is 10.8. The average Bonchev–Trinajstić information content (AvgIpc) is 2.86. The molecule has 0 saturated carbocycles. The first-order valence-electron chi connectivity index (χ1n) is 11.6. The van der Waals surface area contributed by atoms with Gasteiger partial charge in [0.15, 0.2) is 6.61 Å². The Kier molecular flexibility index (Phi) is 7.86. The van der Waals surface area contributed by atoms with Gasteiger partial charge >= 0.3 is 6.18 Å². The molecule has 1 aromatic heterocycles. The zero-order valence-electron chi connectivity index (χ0n) is 20.9. The molecule has 0 bridgehead atoms. The first-order valence-corrected chi connectivity index (χ1v) is 12.3. The number of carbonyl (C=O) groups excluding carboxylic acids is 1. The van der Waals surface area contributed by atoms with Crippen molar-refractivity contribution in [2.24, 2.45) is 0 Å². The second-order valence-corrected chi connectivity index (χ2v) is 10.3. The van der Waals surface area contributed by atoms with Crippen LogP contribution in [-0.4, -0.2) is 12.5 Å². The molecule has 0 unspecified atom stereocenters. The number of ether oxygens (including phenoxy) is 2. The zero-order valence-corrected chi connectivity index (χ0v) is 22.4. The monoisotopic (exact) mass is 579 g/mol. The highest BCUT2D eigenvalue weighted by Crippen LogP contribution is 2.39. The van der Waals surface area contributed by atoms with Crippen molar-refractivity contribution in [3.05, 3.63) is 92.3 Å². The van der Waals surface area contributed by atoms with E-state index in [9.17, 15) is 22.8 Å². The van der Waals surface area contributed by atoms with Crippen molar-refractivity contribution in [1.82, 2.24) is 0 Å². The van der Waals surface area contributed by atoms with Crippen LogP contribution in [-0.2, 0) is 16.4 Å². The summed E-state index contributed by atoms with van der Waals surface area (Å²) in [6, 6.07) is 14.7. The molecule has 0 saturated heterocycles. The van der Waals surface area contributed by atoms with Crippen LogP contribution >= 0.6 is 23.2 Å². The number of fused-ring (bicyclic) bond motifs is 1. The predicted molar refractivity (Wildman–Crippen MR) is 143 cm³/mol. The van der Waals surface area contributed by atoms with Gasteiger partial charge in [-0.1, -0.05) is 62.2 Å². The van der Waals surface area contributed by atoms with Gasteiger partial charge in [-0.25, -0.2) is 0 Å². The normalized spacial score (nSPS) is 11.9.